The molecule has 0 saturated carbocycles. The van der Waals surface area contributed by atoms with Gasteiger partial charge in [-0.3, -0.25) is 10.1 Å². The van der Waals surface area contributed by atoms with Gasteiger partial charge >= 0.3 is 11.3 Å². The SMILES string of the molecule is O=[N+]([O-])OC(C(O)CO)[N+](=O)[O-]. The van der Waals surface area contributed by atoms with Crippen LogP contribution in [0.4, 0.5) is 0 Å². The molecule has 0 saturated heterocycles. The highest BCUT2D eigenvalue weighted by molar-refractivity contribution is 4.54. The van der Waals surface area contributed by atoms with Crippen LogP contribution in [-0.4, -0.2) is 39.2 Å². The lowest BCUT2D eigenvalue weighted by molar-refractivity contribution is -0.829. The summed E-state index contributed by atoms with van der Waals surface area (Å²) in [7, 11) is 0. The second-order valence-corrected chi connectivity index (χ2v) is 1.75. The number of nitro groups is 1. The lowest BCUT2D eigenvalue weighted by Gasteiger charge is -2.10. The van der Waals surface area contributed by atoms with Gasteiger partial charge in [-0.25, -0.2) is 4.84 Å². The van der Waals surface area contributed by atoms with E-state index >= 15 is 0 Å². The molecule has 0 rings (SSSR count). The van der Waals surface area contributed by atoms with Crippen LogP contribution in [0, 0.1) is 20.2 Å². The molecule has 0 aromatic carbocycles. The van der Waals surface area contributed by atoms with E-state index in [9.17, 15) is 20.2 Å². The predicted octanol–water partition coefficient (Wildman–Crippen LogP) is -1.85. The Morgan fingerprint density at radius 3 is 2.17 bits per heavy atom. The van der Waals surface area contributed by atoms with Crippen molar-refractivity contribution >= 4 is 0 Å². The van der Waals surface area contributed by atoms with E-state index in [1.54, 1.807) is 0 Å². The van der Waals surface area contributed by atoms with Crippen molar-refractivity contribution in [2.45, 2.75) is 12.3 Å². The minimum Gasteiger partial charge on any atom is -0.393 e. The Bertz CT molecular complexity index is 181. The molecule has 0 aromatic heterocycles. The maximum Gasteiger partial charge on any atom is 0.382 e. The Morgan fingerprint density at radius 1 is 1.42 bits per heavy atom. The topological polar surface area (TPSA) is 136 Å². The average Bonchev–Trinajstić information content (AvgIpc) is 1.98. The van der Waals surface area contributed by atoms with Crippen LogP contribution in [-0.2, 0) is 4.84 Å². The third kappa shape index (κ3) is 3.07. The Balaban J connectivity index is 4.22. The van der Waals surface area contributed by atoms with E-state index in [0.29, 0.717) is 0 Å². The van der Waals surface area contributed by atoms with E-state index in [1.807, 2.05) is 0 Å². The van der Waals surface area contributed by atoms with Gasteiger partial charge in [-0.15, -0.1) is 10.1 Å². The van der Waals surface area contributed by atoms with Gasteiger partial charge in [0.15, 0.2) is 6.10 Å². The van der Waals surface area contributed by atoms with Crippen molar-refractivity contribution < 1.29 is 25.1 Å². The van der Waals surface area contributed by atoms with E-state index in [0.717, 1.165) is 0 Å². The number of nitrogens with zero attached hydrogens (tertiary/aromatic N) is 2. The van der Waals surface area contributed by atoms with Gasteiger partial charge in [-0.2, -0.15) is 0 Å². The Hall–Kier alpha value is -1.48. The zero-order valence-corrected chi connectivity index (χ0v) is 5.69. The summed E-state index contributed by atoms with van der Waals surface area (Å²) in [6, 6.07) is 0. The molecule has 0 radical (unpaired) electrons. The fraction of sp³-hybridized carbons (Fsp3) is 1.00. The van der Waals surface area contributed by atoms with E-state index in [4.69, 9.17) is 10.2 Å². The van der Waals surface area contributed by atoms with Crippen LogP contribution < -0.4 is 0 Å². The molecule has 0 heterocycles. The molecule has 0 aliphatic rings. The third-order valence-electron chi connectivity index (χ3n) is 0.918. The molecule has 0 spiro atoms. The first kappa shape index (κ1) is 10.5. The largest absolute Gasteiger partial charge is 0.393 e. The number of hydrogen-bond acceptors (Lipinski definition) is 7. The van der Waals surface area contributed by atoms with Gasteiger partial charge in [-0.1, -0.05) is 0 Å². The number of hydrogen-bond donors (Lipinski definition) is 2. The van der Waals surface area contributed by atoms with Crippen LogP contribution in [0.3, 0.4) is 0 Å². The third-order valence-corrected chi connectivity index (χ3v) is 0.918. The molecule has 0 aliphatic heterocycles. The van der Waals surface area contributed by atoms with Gasteiger partial charge in [0.2, 0.25) is 0 Å². The molecule has 70 valence electrons. The van der Waals surface area contributed by atoms with Gasteiger partial charge in [0.05, 0.1) is 11.5 Å². The summed E-state index contributed by atoms with van der Waals surface area (Å²) in [5.41, 5.74) is 0. The fourth-order valence-electron chi connectivity index (χ4n) is 0.428. The van der Waals surface area contributed by atoms with E-state index < -0.39 is 28.9 Å². The second kappa shape index (κ2) is 4.41. The van der Waals surface area contributed by atoms with Crippen LogP contribution in [0.15, 0.2) is 0 Å². The van der Waals surface area contributed by atoms with Gasteiger partial charge < -0.3 is 10.2 Å². The highest BCUT2D eigenvalue weighted by Gasteiger charge is 2.33. The van der Waals surface area contributed by atoms with E-state index in [2.05, 4.69) is 4.84 Å². The molecular weight excluding hydrogens is 176 g/mol. The summed E-state index contributed by atoms with van der Waals surface area (Å²) in [4.78, 5) is 21.8. The minimum absolute atomic E-state index is 0.987. The molecule has 2 atom stereocenters. The summed E-state index contributed by atoms with van der Waals surface area (Å²) >= 11 is 0. The van der Waals surface area contributed by atoms with Crippen molar-refractivity contribution in [2.24, 2.45) is 0 Å². The summed E-state index contributed by atoms with van der Waals surface area (Å²) < 4.78 is 0. The molecule has 12 heavy (non-hydrogen) atoms. The van der Waals surface area contributed by atoms with Crippen LogP contribution in [0.1, 0.15) is 0 Å². The van der Waals surface area contributed by atoms with Crippen LogP contribution in [0.25, 0.3) is 0 Å². The van der Waals surface area contributed by atoms with Crippen molar-refractivity contribution in [3.63, 3.8) is 0 Å². The molecule has 2 unspecified atom stereocenters. The van der Waals surface area contributed by atoms with Crippen molar-refractivity contribution in [1.82, 2.24) is 0 Å². The van der Waals surface area contributed by atoms with Crippen molar-refractivity contribution in [3.8, 4) is 0 Å². The highest BCUT2D eigenvalue weighted by atomic mass is 17.0. The van der Waals surface area contributed by atoms with Gasteiger partial charge in [0, 0.05) is 0 Å². The fourth-order valence-corrected chi connectivity index (χ4v) is 0.428. The lowest BCUT2D eigenvalue weighted by atomic mass is 10.3. The summed E-state index contributed by atoms with van der Waals surface area (Å²) in [5, 5.41) is 35.0. The molecule has 0 bridgehead atoms. The maximum atomic E-state index is 9.94. The van der Waals surface area contributed by atoms with Gasteiger partial charge in [0.25, 0.3) is 0 Å². The molecule has 9 heteroatoms. The molecule has 0 amide bonds. The van der Waals surface area contributed by atoms with Crippen molar-refractivity contribution in [3.05, 3.63) is 20.2 Å². The Morgan fingerprint density at radius 2 is 1.92 bits per heavy atom. The van der Waals surface area contributed by atoms with Crippen LogP contribution in [0.5, 0.6) is 0 Å². The zero-order valence-electron chi connectivity index (χ0n) is 5.69. The van der Waals surface area contributed by atoms with Gasteiger partial charge in [-0.05, 0) is 0 Å². The van der Waals surface area contributed by atoms with Crippen molar-refractivity contribution in [1.29, 1.82) is 0 Å². The molecule has 0 aliphatic carbocycles. The summed E-state index contributed by atoms with van der Waals surface area (Å²) in [6.45, 7) is -0.987. The monoisotopic (exact) mass is 182 g/mol. The standard InChI is InChI=1S/C3H6N2O7/c6-1-2(7)3(4(8)9)12-5(10)11/h2-3,6-7H,1H2. The summed E-state index contributed by atoms with van der Waals surface area (Å²) in [5.74, 6) is 0. The summed E-state index contributed by atoms with van der Waals surface area (Å²) in [6.07, 6.45) is -4.16. The normalized spacial score (nSPS) is 14.8. The number of aliphatic hydroxyl groups excluding tert-OH is 2. The predicted molar refractivity (Wildman–Crippen MR) is 32.0 cm³/mol. The molecule has 2 N–H and O–H groups in total. The van der Waals surface area contributed by atoms with Gasteiger partial charge in [0.1, 0.15) is 0 Å². The quantitative estimate of drug-likeness (QED) is 0.289. The molecular formula is C3H6N2O7. The number of aliphatic hydroxyl groups is 2. The Labute approximate surface area is 65.4 Å². The van der Waals surface area contributed by atoms with E-state index in [-0.39, 0.29) is 0 Å². The maximum absolute atomic E-state index is 9.94. The first-order valence-electron chi connectivity index (χ1n) is 2.72. The van der Waals surface area contributed by atoms with Crippen molar-refractivity contribution in [2.75, 3.05) is 6.61 Å². The molecule has 9 nitrogen and oxygen atoms in total. The first-order chi connectivity index (χ1) is 5.49. The molecule has 0 aromatic rings. The highest BCUT2D eigenvalue weighted by Crippen LogP contribution is 1.99. The number of rotatable bonds is 5. The average molecular weight is 182 g/mol. The van der Waals surface area contributed by atoms with E-state index in [1.165, 1.54) is 0 Å². The zero-order chi connectivity index (χ0) is 9.72. The van der Waals surface area contributed by atoms with Crippen LogP contribution >= 0.6 is 0 Å². The minimum atomic E-state index is -2.25. The first-order valence-corrected chi connectivity index (χ1v) is 2.72. The lowest BCUT2D eigenvalue weighted by Crippen LogP contribution is -2.39. The molecule has 0 fully saturated rings. The van der Waals surface area contributed by atoms with Crippen LogP contribution in [0.2, 0.25) is 0 Å². The second-order valence-electron chi connectivity index (χ2n) is 1.75. The smallest absolute Gasteiger partial charge is 0.382 e. The Kier molecular flexibility index (Phi) is 3.86.